The molecule has 2 aromatic rings. The van der Waals surface area contributed by atoms with Gasteiger partial charge in [-0.15, -0.1) is 0 Å². The molecule has 2 rings (SSSR count). The van der Waals surface area contributed by atoms with Gasteiger partial charge in [0, 0.05) is 18.2 Å². The van der Waals surface area contributed by atoms with Gasteiger partial charge in [0.2, 0.25) is 0 Å². The standard InChI is InChI=1S/C16H22N4/c1-4-10-17-15-12(2)16(19-11-18-15)20-13(3)14-8-6-5-7-9-14/h5-9,11,13H,4,10H2,1-3H3,(H2,17,18,19,20). The highest BCUT2D eigenvalue weighted by atomic mass is 15.1. The lowest BCUT2D eigenvalue weighted by molar-refractivity contribution is 0.867. The van der Waals surface area contributed by atoms with Gasteiger partial charge in [0.25, 0.3) is 0 Å². The number of benzene rings is 1. The van der Waals surface area contributed by atoms with Crippen LogP contribution in [0.25, 0.3) is 0 Å². The lowest BCUT2D eigenvalue weighted by Gasteiger charge is -2.17. The molecule has 1 heterocycles. The second-order valence-electron chi connectivity index (χ2n) is 4.90. The normalized spacial score (nSPS) is 11.9. The summed E-state index contributed by atoms with van der Waals surface area (Å²) in [6, 6.07) is 10.6. The van der Waals surface area contributed by atoms with Crippen LogP contribution in [0.15, 0.2) is 36.7 Å². The molecule has 0 saturated carbocycles. The van der Waals surface area contributed by atoms with Crippen molar-refractivity contribution in [3.05, 3.63) is 47.8 Å². The Balaban J connectivity index is 2.13. The van der Waals surface area contributed by atoms with E-state index < -0.39 is 0 Å². The third-order valence-corrected chi connectivity index (χ3v) is 3.28. The zero-order chi connectivity index (χ0) is 14.4. The molecule has 4 heteroatoms. The molecule has 1 unspecified atom stereocenters. The van der Waals surface area contributed by atoms with Crippen molar-refractivity contribution in [2.24, 2.45) is 0 Å². The van der Waals surface area contributed by atoms with E-state index in [0.29, 0.717) is 0 Å². The van der Waals surface area contributed by atoms with Crippen LogP contribution in [-0.4, -0.2) is 16.5 Å². The fourth-order valence-corrected chi connectivity index (χ4v) is 2.05. The van der Waals surface area contributed by atoms with Gasteiger partial charge < -0.3 is 10.6 Å². The van der Waals surface area contributed by atoms with E-state index in [4.69, 9.17) is 0 Å². The van der Waals surface area contributed by atoms with Gasteiger partial charge in [0.1, 0.15) is 18.0 Å². The summed E-state index contributed by atoms with van der Waals surface area (Å²) in [5.41, 5.74) is 2.30. The van der Waals surface area contributed by atoms with Gasteiger partial charge >= 0.3 is 0 Å². The molecular weight excluding hydrogens is 248 g/mol. The molecule has 0 radical (unpaired) electrons. The summed E-state index contributed by atoms with van der Waals surface area (Å²) in [4.78, 5) is 8.64. The average Bonchev–Trinajstić information content (AvgIpc) is 2.49. The molecule has 0 fully saturated rings. The molecule has 0 bridgehead atoms. The molecule has 0 aliphatic carbocycles. The molecule has 0 aliphatic rings. The minimum absolute atomic E-state index is 0.212. The zero-order valence-electron chi connectivity index (χ0n) is 12.4. The molecule has 0 amide bonds. The van der Waals surface area contributed by atoms with Crippen molar-refractivity contribution in [1.29, 1.82) is 0 Å². The smallest absolute Gasteiger partial charge is 0.134 e. The Morgan fingerprint density at radius 3 is 2.50 bits per heavy atom. The Bertz CT molecular complexity index is 539. The van der Waals surface area contributed by atoms with Gasteiger partial charge in [0.05, 0.1) is 0 Å². The molecule has 2 N–H and O–H groups in total. The second kappa shape index (κ2) is 6.89. The predicted molar refractivity (Wildman–Crippen MR) is 84.0 cm³/mol. The molecule has 1 atom stereocenters. The van der Waals surface area contributed by atoms with Crippen molar-refractivity contribution in [3.63, 3.8) is 0 Å². The number of nitrogens with zero attached hydrogens (tertiary/aromatic N) is 2. The van der Waals surface area contributed by atoms with E-state index in [1.54, 1.807) is 6.33 Å². The van der Waals surface area contributed by atoms with Crippen molar-refractivity contribution >= 4 is 11.6 Å². The third kappa shape index (κ3) is 3.47. The minimum Gasteiger partial charge on any atom is -0.370 e. The number of rotatable bonds is 6. The van der Waals surface area contributed by atoms with Crippen molar-refractivity contribution < 1.29 is 0 Å². The Labute approximate surface area is 120 Å². The van der Waals surface area contributed by atoms with E-state index in [1.165, 1.54) is 5.56 Å². The first kappa shape index (κ1) is 14.3. The maximum Gasteiger partial charge on any atom is 0.134 e. The van der Waals surface area contributed by atoms with Crippen LogP contribution in [0.2, 0.25) is 0 Å². The molecular formula is C16H22N4. The largest absolute Gasteiger partial charge is 0.370 e. The van der Waals surface area contributed by atoms with E-state index in [9.17, 15) is 0 Å². The first-order chi connectivity index (χ1) is 9.72. The number of aromatic nitrogens is 2. The Morgan fingerprint density at radius 1 is 1.10 bits per heavy atom. The maximum absolute atomic E-state index is 4.35. The lowest BCUT2D eigenvalue weighted by atomic mass is 10.1. The van der Waals surface area contributed by atoms with E-state index in [2.05, 4.69) is 58.7 Å². The summed E-state index contributed by atoms with van der Waals surface area (Å²) < 4.78 is 0. The van der Waals surface area contributed by atoms with Crippen LogP contribution < -0.4 is 10.6 Å². The highest BCUT2D eigenvalue weighted by molar-refractivity contribution is 5.57. The zero-order valence-corrected chi connectivity index (χ0v) is 12.4. The van der Waals surface area contributed by atoms with Gasteiger partial charge in [-0.05, 0) is 25.8 Å². The van der Waals surface area contributed by atoms with Crippen LogP contribution in [0.3, 0.4) is 0 Å². The summed E-state index contributed by atoms with van der Waals surface area (Å²) in [6.45, 7) is 7.24. The van der Waals surface area contributed by atoms with Crippen LogP contribution in [0.4, 0.5) is 11.6 Å². The van der Waals surface area contributed by atoms with Gasteiger partial charge in [-0.1, -0.05) is 37.3 Å². The summed E-state index contributed by atoms with van der Waals surface area (Å²) >= 11 is 0. The van der Waals surface area contributed by atoms with Crippen LogP contribution in [0.1, 0.15) is 37.4 Å². The minimum atomic E-state index is 0.212. The van der Waals surface area contributed by atoms with Gasteiger partial charge in [0.15, 0.2) is 0 Å². The summed E-state index contributed by atoms with van der Waals surface area (Å²) in [7, 11) is 0. The van der Waals surface area contributed by atoms with Crippen molar-refractivity contribution in [3.8, 4) is 0 Å². The van der Waals surface area contributed by atoms with Gasteiger partial charge in [-0.3, -0.25) is 0 Å². The molecule has 106 valence electrons. The predicted octanol–water partition coefficient (Wildman–Crippen LogP) is 3.78. The Morgan fingerprint density at radius 2 is 1.80 bits per heavy atom. The Hall–Kier alpha value is -2.10. The molecule has 1 aromatic heterocycles. The molecule has 4 nitrogen and oxygen atoms in total. The second-order valence-corrected chi connectivity index (χ2v) is 4.90. The first-order valence-electron chi connectivity index (χ1n) is 7.09. The first-order valence-corrected chi connectivity index (χ1v) is 7.09. The van der Waals surface area contributed by atoms with E-state index in [0.717, 1.165) is 30.2 Å². The highest BCUT2D eigenvalue weighted by Gasteiger charge is 2.10. The van der Waals surface area contributed by atoms with E-state index >= 15 is 0 Å². The molecule has 1 aromatic carbocycles. The van der Waals surface area contributed by atoms with E-state index in [-0.39, 0.29) is 6.04 Å². The van der Waals surface area contributed by atoms with Crippen molar-refractivity contribution in [1.82, 2.24) is 9.97 Å². The number of anilines is 2. The maximum atomic E-state index is 4.35. The Kier molecular flexibility index (Phi) is 4.93. The topological polar surface area (TPSA) is 49.8 Å². The third-order valence-electron chi connectivity index (χ3n) is 3.28. The molecule has 0 spiro atoms. The fourth-order valence-electron chi connectivity index (χ4n) is 2.05. The molecule has 20 heavy (non-hydrogen) atoms. The van der Waals surface area contributed by atoms with Crippen molar-refractivity contribution in [2.75, 3.05) is 17.2 Å². The van der Waals surface area contributed by atoms with Crippen molar-refractivity contribution in [2.45, 2.75) is 33.2 Å². The lowest BCUT2D eigenvalue weighted by Crippen LogP contribution is -2.11. The SMILES string of the molecule is CCCNc1ncnc(NC(C)c2ccccc2)c1C. The van der Waals surface area contributed by atoms with Crippen LogP contribution in [0, 0.1) is 6.92 Å². The molecule has 0 aliphatic heterocycles. The fraction of sp³-hybridized carbons (Fsp3) is 0.375. The van der Waals surface area contributed by atoms with Crippen LogP contribution >= 0.6 is 0 Å². The van der Waals surface area contributed by atoms with E-state index in [1.807, 2.05) is 13.0 Å². The number of nitrogens with one attached hydrogen (secondary N) is 2. The van der Waals surface area contributed by atoms with Gasteiger partial charge in [-0.25, -0.2) is 9.97 Å². The summed E-state index contributed by atoms with van der Waals surface area (Å²) in [5.74, 6) is 1.79. The number of hydrogen-bond donors (Lipinski definition) is 2. The summed E-state index contributed by atoms with van der Waals surface area (Å²) in [5, 5.41) is 6.78. The monoisotopic (exact) mass is 270 g/mol. The quantitative estimate of drug-likeness (QED) is 0.838. The van der Waals surface area contributed by atoms with Gasteiger partial charge in [-0.2, -0.15) is 0 Å². The number of hydrogen-bond acceptors (Lipinski definition) is 4. The van der Waals surface area contributed by atoms with Crippen LogP contribution in [-0.2, 0) is 0 Å². The molecule has 0 saturated heterocycles. The summed E-state index contributed by atoms with van der Waals surface area (Å²) in [6.07, 6.45) is 2.68. The average molecular weight is 270 g/mol. The highest BCUT2D eigenvalue weighted by Crippen LogP contribution is 2.23. The van der Waals surface area contributed by atoms with Crippen LogP contribution in [0.5, 0.6) is 0 Å².